The highest BCUT2D eigenvalue weighted by molar-refractivity contribution is 5.95. The van der Waals surface area contributed by atoms with Gasteiger partial charge in [0.1, 0.15) is 5.69 Å². The molecule has 2 aromatic rings. The molecule has 6 nitrogen and oxygen atoms in total. The number of rotatable bonds is 5. The molecule has 0 aliphatic heterocycles. The first-order valence-electron chi connectivity index (χ1n) is 6.91. The van der Waals surface area contributed by atoms with Gasteiger partial charge in [-0.05, 0) is 17.2 Å². The van der Waals surface area contributed by atoms with Crippen molar-refractivity contribution in [1.82, 2.24) is 4.98 Å². The average molecular weight is 308 g/mol. The lowest BCUT2D eigenvalue weighted by molar-refractivity contribution is 0.0988. The SMILES string of the molecule is [C-]#[N+]c1ccc(C(=O)Cc2cccc(CN=C(N)OC)c2)nc1. The van der Waals surface area contributed by atoms with Gasteiger partial charge in [-0.1, -0.05) is 30.3 Å². The molecule has 2 rings (SSSR count). The molecule has 0 unspecified atom stereocenters. The van der Waals surface area contributed by atoms with Crippen molar-refractivity contribution in [3.8, 4) is 0 Å². The number of carbonyl (C=O) groups excluding carboxylic acids is 1. The zero-order valence-electron chi connectivity index (χ0n) is 12.7. The zero-order chi connectivity index (χ0) is 16.7. The second kappa shape index (κ2) is 7.71. The van der Waals surface area contributed by atoms with Crippen LogP contribution in [0, 0.1) is 6.57 Å². The number of carbonyl (C=O) groups is 1. The number of aliphatic imine (C=N–C) groups is 1. The lowest BCUT2D eigenvalue weighted by Gasteiger charge is -2.04. The van der Waals surface area contributed by atoms with Crippen LogP contribution in [0.2, 0.25) is 0 Å². The van der Waals surface area contributed by atoms with Gasteiger partial charge in [-0.2, -0.15) is 0 Å². The fourth-order valence-corrected chi connectivity index (χ4v) is 1.96. The Hall–Kier alpha value is -3.20. The Morgan fingerprint density at radius 1 is 1.35 bits per heavy atom. The molecule has 0 aliphatic rings. The van der Waals surface area contributed by atoms with Crippen molar-refractivity contribution in [2.24, 2.45) is 10.7 Å². The highest BCUT2D eigenvalue weighted by Crippen LogP contribution is 2.13. The molecule has 0 saturated carbocycles. The van der Waals surface area contributed by atoms with E-state index in [-0.39, 0.29) is 18.2 Å². The third-order valence-corrected chi connectivity index (χ3v) is 3.15. The van der Waals surface area contributed by atoms with Gasteiger partial charge in [0.05, 0.1) is 20.2 Å². The molecule has 2 N–H and O–H groups in total. The minimum absolute atomic E-state index is 0.0985. The molecule has 0 aliphatic carbocycles. The number of ether oxygens (including phenoxy) is 1. The lowest BCUT2D eigenvalue weighted by atomic mass is 10.0. The summed E-state index contributed by atoms with van der Waals surface area (Å²) in [7, 11) is 1.46. The number of pyridine rings is 1. The van der Waals surface area contributed by atoms with Crippen LogP contribution in [-0.4, -0.2) is 23.9 Å². The van der Waals surface area contributed by atoms with Crippen LogP contribution >= 0.6 is 0 Å². The van der Waals surface area contributed by atoms with E-state index in [4.69, 9.17) is 17.0 Å². The van der Waals surface area contributed by atoms with Gasteiger partial charge < -0.3 is 10.5 Å². The Bertz CT molecular complexity index is 761. The Morgan fingerprint density at radius 3 is 2.78 bits per heavy atom. The molecule has 0 amide bonds. The summed E-state index contributed by atoms with van der Waals surface area (Å²) in [6, 6.07) is 10.8. The van der Waals surface area contributed by atoms with E-state index in [2.05, 4.69) is 14.8 Å². The standard InChI is InChI=1S/C17H16N4O2/c1-19-14-6-7-15(20-11-14)16(22)9-12-4-3-5-13(8-12)10-21-17(18)23-2/h3-8,11H,9-10H2,2H3,(H2,18,21). The third kappa shape index (κ3) is 4.64. The molecular formula is C17H16N4O2. The van der Waals surface area contributed by atoms with Crippen molar-refractivity contribution in [2.45, 2.75) is 13.0 Å². The van der Waals surface area contributed by atoms with Crippen LogP contribution in [0.3, 0.4) is 0 Å². The van der Waals surface area contributed by atoms with Gasteiger partial charge in [-0.25, -0.2) is 9.84 Å². The summed E-state index contributed by atoms with van der Waals surface area (Å²) < 4.78 is 4.79. The molecule has 0 spiro atoms. The minimum atomic E-state index is -0.0985. The Balaban J connectivity index is 2.07. The number of hydrogen-bond acceptors (Lipinski definition) is 4. The van der Waals surface area contributed by atoms with E-state index >= 15 is 0 Å². The maximum Gasteiger partial charge on any atom is 0.281 e. The average Bonchev–Trinajstić information content (AvgIpc) is 2.60. The fraction of sp³-hybridized carbons (Fsp3) is 0.176. The second-order valence-electron chi connectivity index (χ2n) is 4.79. The van der Waals surface area contributed by atoms with Crippen LogP contribution in [0.15, 0.2) is 47.6 Å². The van der Waals surface area contributed by atoms with Crippen molar-refractivity contribution in [3.63, 3.8) is 0 Å². The van der Waals surface area contributed by atoms with Crippen molar-refractivity contribution < 1.29 is 9.53 Å². The van der Waals surface area contributed by atoms with Crippen molar-refractivity contribution in [3.05, 3.63) is 70.8 Å². The molecule has 0 atom stereocenters. The lowest BCUT2D eigenvalue weighted by Crippen LogP contribution is -2.13. The topological polar surface area (TPSA) is 81.9 Å². The second-order valence-corrected chi connectivity index (χ2v) is 4.79. The first kappa shape index (κ1) is 16.2. The number of hydrogen-bond donors (Lipinski definition) is 1. The number of nitrogens with zero attached hydrogens (tertiary/aromatic N) is 3. The summed E-state index contributed by atoms with van der Waals surface area (Å²) in [5.74, 6) is -0.0985. The van der Waals surface area contributed by atoms with Gasteiger partial charge in [-0.15, -0.1) is 0 Å². The number of benzene rings is 1. The van der Waals surface area contributed by atoms with Crippen molar-refractivity contribution in [2.75, 3.05) is 7.11 Å². The van der Waals surface area contributed by atoms with Crippen LogP contribution < -0.4 is 5.73 Å². The van der Waals surface area contributed by atoms with Crippen molar-refractivity contribution in [1.29, 1.82) is 0 Å². The Labute approximate surface area is 134 Å². The molecule has 1 aromatic heterocycles. The van der Waals surface area contributed by atoms with E-state index in [0.717, 1.165) is 11.1 Å². The number of amidine groups is 1. The van der Waals surface area contributed by atoms with E-state index < -0.39 is 0 Å². The maximum atomic E-state index is 12.2. The summed E-state index contributed by atoms with van der Waals surface area (Å²) in [5, 5.41) is 0. The fourth-order valence-electron chi connectivity index (χ4n) is 1.96. The molecule has 0 fully saturated rings. The quantitative estimate of drug-likeness (QED) is 0.398. The summed E-state index contributed by atoms with van der Waals surface area (Å²) in [6.07, 6.45) is 1.64. The van der Waals surface area contributed by atoms with E-state index in [0.29, 0.717) is 17.9 Å². The number of aromatic nitrogens is 1. The number of methoxy groups -OCH3 is 1. The highest BCUT2D eigenvalue weighted by Gasteiger charge is 2.09. The molecule has 1 aromatic carbocycles. The van der Waals surface area contributed by atoms with Gasteiger partial charge in [0.15, 0.2) is 5.78 Å². The van der Waals surface area contributed by atoms with E-state index in [1.54, 1.807) is 12.1 Å². The molecule has 1 heterocycles. The Morgan fingerprint density at radius 2 is 2.13 bits per heavy atom. The molecule has 0 saturated heterocycles. The minimum Gasteiger partial charge on any atom is -0.469 e. The summed E-state index contributed by atoms with van der Waals surface area (Å²) >= 11 is 0. The van der Waals surface area contributed by atoms with Gasteiger partial charge in [0.25, 0.3) is 6.02 Å². The zero-order valence-corrected chi connectivity index (χ0v) is 12.7. The van der Waals surface area contributed by atoms with Gasteiger partial charge in [0, 0.05) is 12.6 Å². The molecule has 0 radical (unpaired) electrons. The predicted molar refractivity (Wildman–Crippen MR) is 87.3 cm³/mol. The molecular weight excluding hydrogens is 292 g/mol. The van der Waals surface area contributed by atoms with E-state index in [9.17, 15) is 4.79 Å². The molecule has 6 heteroatoms. The van der Waals surface area contributed by atoms with Crippen LogP contribution in [-0.2, 0) is 17.7 Å². The predicted octanol–water partition coefficient (Wildman–Crippen LogP) is 2.52. The smallest absolute Gasteiger partial charge is 0.281 e. The largest absolute Gasteiger partial charge is 0.469 e. The molecule has 116 valence electrons. The van der Waals surface area contributed by atoms with Crippen LogP contribution in [0.4, 0.5) is 5.69 Å². The van der Waals surface area contributed by atoms with Crippen LogP contribution in [0.25, 0.3) is 4.85 Å². The first-order valence-corrected chi connectivity index (χ1v) is 6.91. The number of ketones is 1. The normalized spacial score (nSPS) is 10.9. The van der Waals surface area contributed by atoms with Gasteiger partial charge in [0.2, 0.25) is 5.69 Å². The van der Waals surface area contributed by atoms with Crippen molar-refractivity contribution >= 4 is 17.5 Å². The van der Waals surface area contributed by atoms with E-state index in [1.807, 2.05) is 24.3 Å². The van der Waals surface area contributed by atoms with Crippen LogP contribution in [0.5, 0.6) is 0 Å². The van der Waals surface area contributed by atoms with Gasteiger partial charge in [-0.3, -0.25) is 9.78 Å². The number of nitrogens with two attached hydrogens (primary N) is 1. The summed E-state index contributed by atoms with van der Waals surface area (Å²) in [5.41, 5.74) is 8.06. The maximum absolute atomic E-state index is 12.2. The monoisotopic (exact) mass is 308 g/mol. The van der Waals surface area contributed by atoms with E-state index in [1.165, 1.54) is 13.3 Å². The Kier molecular flexibility index (Phi) is 5.42. The summed E-state index contributed by atoms with van der Waals surface area (Å²) in [4.78, 5) is 23.6. The van der Waals surface area contributed by atoms with Gasteiger partial charge >= 0.3 is 0 Å². The van der Waals surface area contributed by atoms with Crippen LogP contribution in [0.1, 0.15) is 21.6 Å². The first-order chi connectivity index (χ1) is 11.1. The molecule has 23 heavy (non-hydrogen) atoms. The molecule has 0 bridgehead atoms. The third-order valence-electron chi connectivity index (χ3n) is 3.15. The number of Topliss-reactive ketones (excluding diaryl/α,β-unsaturated/α-hetero) is 1. The summed E-state index contributed by atoms with van der Waals surface area (Å²) in [6.45, 7) is 7.27. The highest BCUT2D eigenvalue weighted by atomic mass is 16.5.